The number of rotatable bonds is 13. The van der Waals surface area contributed by atoms with Crippen LogP contribution in [0.2, 0.25) is 0 Å². The Bertz CT molecular complexity index is 2020. The van der Waals surface area contributed by atoms with Gasteiger partial charge < -0.3 is 15.4 Å². The van der Waals surface area contributed by atoms with Crippen molar-refractivity contribution in [3.8, 4) is 5.69 Å². The Hall–Kier alpha value is -4.76. The molecule has 0 spiro atoms. The fourth-order valence-electron chi connectivity index (χ4n) is 6.74. The van der Waals surface area contributed by atoms with Crippen molar-refractivity contribution in [2.24, 2.45) is 7.05 Å². The molecule has 256 valence electrons. The Kier molecular flexibility index (Phi) is 10.3. The second-order valence-corrected chi connectivity index (χ2v) is 13.3. The lowest BCUT2D eigenvalue weighted by Gasteiger charge is -2.29. The molecule has 2 fully saturated rings. The second-order valence-electron chi connectivity index (χ2n) is 13.3. The van der Waals surface area contributed by atoms with Crippen LogP contribution in [0.15, 0.2) is 82.1 Å². The Morgan fingerprint density at radius 2 is 1.61 bits per heavy atom. The average molecular weight is 663 g/mol. The summed E-state index contributed by atoms with van der Waals surface area (Å²) in [6.07, 6.45) is 7.88. The summed E-state index contributed by atoms with van der Waals surface area (Å²) in [5.41, 5.74) is 4.69. The Balaban J connectivity index is 1.31. The summed E-state index contributed by atoms with van der Waals surface area (Å²) in [5, 5.41) is 6.79. The maximum Gasteiger partial charge on any atom is 0.335 e. The van der Waals surface area contributed by atoms with Crippen molar-refractivity contribution in [3.05, 3.63) is 121 Å². The molecule has 0 radical (unpaired) electrons. The van der Waals surface area contributed by atoms with Gasteiger partial charge in [-0.2, -0.15) is 0 Å². The monoisotopic (exact) mass is 662 g/mol. The van der Waals surface area contributed by atoms with E-state index in [4.69, 9.17) is 4.74 Å². The van der Waals surface area contributed by atoms with Crippen molar-refractivity contribution in [2.45, 2.75) is 90.1 Å². The highest BCUT2D eigenvalue weighted by Crippen LogP contribution is 2.45. The number of esters is 1. The van der Waals surface area contributed by atoms with Crippen molar-refractivity contribution >= 4 is 22.8 Å². The zero-order valence-corrected chi connectivity index (χ0v) is 28.9. The van der Waals surface area contributed by atoms with Crippen LogP contribution >= 0.6 is 0 Å². The molecule has 1 aromatic heterocycles. The first-order valence-electron chi connectivity index (χ1n) is 17.6. The fraction of sp³-hybridized carbons (Fsp3) is 0.400. The van der Waals surface area contributed by atoms with E-state index < -0.39 is 23.3 Å². The van der Waals surface area contributed by atoms with Gasteiger partial charge in [-0.3, -0.25) is 14.2 Å². The third kappa shape index (κ3) is 7.17. The zero-order valence-electron chi connectivity index (χ0n) is 28.9. The Labute approximate surface area is 287 Å². The molecule has 2 N–H and O–H groups in total. The number of fused-ring (bicyclic) bond motifs is 1. The van der Waals surface area contributed by atoms with Gasteiger partial charge in [0.05, 0.1) is 16.6 Å². The van der Waals surface area contributed by atoms with E-state index in [0.29, 0.717) is 52.7 Å². The van der Waals surface area contributed by atoms with Gasteiger partial charge in [0.2, 0.25) is 0 Å². The summed E-state index contributed by atoms with van der Waals surface area (Å²) >= 11 is 0. The van der Waals surface area contributed by atoms with Gasteiger partial charge in [-0.15, -0.1) is 0 Å². The first kappa shape index (κ1) is 34.1. The maximum atomic E-state index is 14.1. The highest BCUT2D eigenvalue weighted by molar-refractivity contribution is 6.00. The topological polar surface area (TPSA) is 111 Å². The number of carbonyl (C=O) groups is 2. The number of ether oxygens (including phenoxy) is 1. The third-order valence-corrected chi connectivity index (χ3v) is 9.96. The van der Waals surface area contributed by atoms with Gasteiger partial charge in [0.1, 0.15) is 11.8 Å². The molecule has 0 bridgehead atoms. The predicted molar refractivity (Wildman–Crippen MR) is 192 cm³/mol. The normalized spacial score (nSPS) is 15.6. The van der Waals surface area contributed by atoms with Gasteiger partial charge >= 0.3 is 11.7 Å². The zero-order chi connectivity index (χ0) is 34.7. The molecule has 1 amide bonds. The van der Waals surface area contributed by atoms with Gasteiger partial charge in [-0.25, -0.2) is 14.2 Å². The minimum atomic E-state index is -0.951. The van der Waals surface area contributed by atoms with Crippen LogP contribution in [0.3, 0.4) is 0 Å². The molecule has 3 aromatic carbocycles. The van der Waals surface area contributed by atoms with Crippen LogP contribution in [-0.4, -0.2) is 33.6 Å². The first-order chi connectivity index (χ1) is 23.7. The van der Waals surface area contributed by atoms with Crippen molar-refractivity contribution < 1.29 is 14.3 Å². The van der Waals surface area contributed by atoms with Gasteiger partial charge in [-0.05, 0) is 104 Å². The summed E-state index contributed by atoms with van der Waals surface area (Å²) in [5.74, 6) is 0.487. The molecule has 2 aliphatic rings. The minimum Gasteiger partial charge on any atom is -0.430 e. The number of amides is 1. The van der Waals surface area contributed by atoms with Crippen molar-refractivity contribution in [2.75, 3.05) is 6.54 Å². The van der Waals surface area contributed by atoms with Crippen LogP contribution in [-0.2, 0) is 29.5 Å². The number of carbonyl (C=O) groups excluding carboxylic acids is 2. The van der Waals surface area contributed by atoms with E-state index in [1.54, 1.807) is 37.4 Å². The number of aromatic nitrogens is 2. The van der Waals surface area contributed by atoms with E-state index in [0.717, 1.165) is 60.9 Å². The summed E-state index contributed by atoms with van der Waals surface area (Å²) in [7, 11) is 1.66. The lowest BCUT2D eigenvalue weighted by Crippen LogP contribution is -2.44. The molecule has 2 aliphatic carbocycles. The lowest BCUT2D eigenvalue weighted by atomic mass is 9.76. The van der Waals surface area contributed by atoms with Gasteiger partial charge in [0, 0.05) is 32.0 Å². The third-order valence-electron chi connectivity index (χ3n) is 9.96. The molecular formula is C40H46N4O5. The second kappa shape index (κ2) is 14.8. The predicted octanol–water partition coefficient (Wildman–Crippen LogP) is 6.14. The number of hydrogen-bond donors (Lipinski definition) is 2. The maximum absolute atomic E-state index is 14.1. The Morgan fingerprint density at radius 3 is 2.20 bits per heavy atom. The molecular weight excluding hydrogens is 616 g/mol. The average Bonchev–Trinajstić information content (AvgIpc) is 3.94. The first-order valence-corrected chi connectivity index (χ1v) is 17.6. The van der Waals surface area contributed by atoms with E-state index >= 15 is 0 Å². The molecule has 49 heavy (non-hydrogen) atoms. The highest BCUT2D eigenvalue weighted by atomic mass is 16.5. The van der Waals surface area contributed by atoms with Crippen LogP contribution in [0.4, 0.5) is 0 Å². The largest absolute Gasteiger partial charge is 0.430 e. The lowest BCUT2D eigenvalue weighted by molar-refractivity contribution is -0.141. The van der Waals surface area contributed by atoms with Crippen molar-refractivity contribution in [3.63, 3.8) is 0 Å². The molecule has 1 atom stereocenters. The highest BCUT2D eigenvalue weighted by Gasteiger charge is 2.34. The van der Waals surface area contributed by atoms with Crippen LogP contribution < -0.4 is 21.9 Å². The van der Waals surface area contributed by atoms with E-state index in [-0.39, 0.29) is 12.3 Å². The van der Waals surface area contributed by atoms with E-state index in [2.05, 4.69) is 28.8 Å². The van der Waals surface area contributed by atoms with E-state index in [1.165, 1.54) is 9.13 Å². The van der Waals surface area contributed by atoms with Crippen molar-refractivity contribution in [1.29, 1.82) is 0 Å². The van der Waals surface area contributed by atoms with Crippen LogP contribution in [0, 0.1) is 0 Å². The van der Waals surface area contributed by atoms with Gasteiger partial charge in [0.25, 0.3) is 11.5 Å². The van der Waals surface area contributed by atoms with Crippen LogP contribution in [0.25, 0.3) is 16.6 Å². The molecule has 2 saturated carbocycles. The summed E-state index contributed by atoms with van der Waals surface area (Å²) in [4.78, 5) is 54.8. The molecule has 4 aromatic rings. The molecule has 0 saturated heterocycles. The summed E-state index contributed by atoms with van der Waals surface area (Å²) < 4.78 is 8.40. The number of hydrogen-bond acceptors (Lipinski definition) is 6. The quantitative estimate of drug-likeness (QED) is 0.131. The SMILES string of the molecule is C/C=C(\CC)OC(=O)C(Cc1ccc(-n2c(=O)c3cc(CNCC)ccc3n(C)c2=O)cc1)NC(=O)c1c(C2CCC2)cccc1C1CC1. The fourth-order valence-corrected chi connectivity index (χ4v) is 6.74. The van der Waals surface area contributed by atoms with E-state index in [1.807, 2.05) is 39.0 Å². The minimum absolute atomic E-state index is 0.175. The molecule has 0 aliphatic heterocycles. The number of nitrogens with zero attached hydrogens (tertiary/aromatic N) is 2. The van der Waals surface area contributed by atoms with Crippen LogP contribution in [0.1, 0.15) is 104 Å². The molecule has 1 heterocycles. The van der Waals surface area contributed by atoms with Gasteiger partial charge in [-0.1, -0.05) is 56.7 Å². The molecule has 9 heteroatoms. The summed E-state index contributed by atoms with van der Waals surface area (Å²) in [6.45, 7) is 7.16. The number of benzene rings is 3. The molecule has 1 unspecified atom stereocenters. The summed E-state index contributed by atoms with van der Waals surface area (Å²) in [6, 6.07) is 17.8. The van der Waals surface area contributed by atoms with Crippen molar-refractivity contribution in [1.82, 2.24) is 19.8 Å². The van der Waals surface area contributed by atoms with Crippen LogP contribution in [0.5, 0.6) is 0 Å². The molecule has 9 nitrogen and oxygen atoms in total. The molecule has 6 rings (SSSR count). The number of allylic oxidation sites excluding steroid dienone is 2. The van der Waals surface area contributed by atoms with E-state index in [9.17, 15) is 19.2 Å². The number of nitrogens with one attached hydrogen (secondary N) is 2. The smallest absolute Gasteiger partial charge is 0.335 e. The number of aryl methyl sites for hydroxylation is 1. The van der Waals surface area contributed by atoms with Gasteiger partial charge in [0.15, 0.2) is 0 Å². The standard InChI is InChI=1S/C40H46N4O5/c1-5-30(6-2)49-39(47)34(42-37(45)36-31(27-10-8-11-27)12-9-13-32(36)28-17-18-28)23-25-14-19-29(20-15-25)44-38(46)33-22-26(24-41-7-3)16-21-35(33)43(4)40(44)48/h5,9,12-16,19-22,27-28,34,41H,6-8,10-11,17-18,23-24H2,1-4H3,(H,42,45)/b30-5+. The Morgan fingerprint density at radius 1 is 0.939 bits per heavy atom.